The quantitative estimate of drug-likeness (QED) is 0.789. The largest absolute Gasteiger partial charge is 0.352 e. The van der Waals surface area contributed by atoms with Gasteiger partial charge in [0.05, 0.1) is 12.2 Å². The van der Waals surface area contributed by atoms with Gasteiger partial charge in [-0.15, -0.1) is 5.10 Å². The number of likely N-dealkylation sites (tertiary alicyclic amines) is 1. The van der Waals surface area contributed by atoms with Crippen LogP contribution in [0.15, 0.2) is 34.1 Å². The third-order valence-corrected chi connectivity index (χ3v) is 6.06. The van der Waals surface area contributed by atoms with E-state index in [2.05, 4.69) is 23.9 Å². The first-order chi connectivity index (χ1) is 13.6. The number of carbonyl (C=O) groups is 1. The molecule has 0 bridgehead atoms. The average Bonchev–Trinajstić information content (AvgIpc) is 3.28. The molecule has 1 aromatic carbocycles. The molecule has 0 N–H and O–H groups in total. The van der Waals surface area contributed by atoms with Crippen molar-refractivity contribution in [2.45, 2.75) is 51.7 Å². The maximum atomic E-state index is 13.2. The van der Waals surface area contributed by atoms with E-state index >= 15 is 0 Å². The van der Waals surface area contributed by atoms with Crippen molar-refractivity contribution in [2.24, 2.45) is 4.99 Å². The maximum absolute atomic E-state index is 13.2. The number of amidine groups is 1. The van der Waals surface area contributed by atoms with Gasteiger partial charge >= 0.3 is 5.69 Å². The molecule has 0 aliphatic carbocycles. The molecule has 4 heterocycles. The van der Waals surface area contributed by atoms with E-state index in [1.807, 2.05) is 34.1 Å². The molecule has 3 aliphatic heterocycles. The Balaban J connectivity index is 1.54. The van der Waals surface area contributed by atoms with Gasteiger partial charge in [-0.05, 0) is 45.2 Å². The van der Waals surface area contributed by atoms with Crippen molar-refractivity contribution in [1.82, 2.24) is 19.2 Å². The van der Waals surface area contributed by atoms with E-state index in [4.69, 9.17) is 0 Å². The monoisotopic (exact) mass is 380 g/mol. The molecule has 28 heavy (non-hydrogen) atoms. The highest BCUT2D eigenvalue weighted by molar-refractivity contribution is 6.14. The smallest absolute Gasteiger partial charge is 0.336 e. The first-order valence-corrected chi connectivity index (χ1v) is 9.99. The molecule has 0 saturated carbocycles. The Kier molecular flexibility index (Phi) is 3.89. The van der Waals surface area contributed by atoms with Crippen LogP contribution in [0.4, 0.5) is 5.95 Å². The number of hydrogen-bond donors (Lipinski definition) is 0. The lowest BCUT2D eigenvalue weighted by Crippen LogP contribution is -2.49. The fraction of sp³-hybridized carbons (Fsp3) is 0.500. The van der Waals surface area contributed by atoms with Crippen LogP contribution in [0.3, 0.4) is 0 Å². The molecule has 1 amide bonds. The molecule has 5 rings (SSSR count). The number of fused-ring (bicyclic) bond motifs is 6. The standard InChI is InChI=1S/C20H24N6O2/c1-13-6-5-7-14(2)25(13)17(27)12-24-20(28)26-16-9-4-3-8-15(16)18-21-10-11-23(18)19(26)22-24/h3-4,8-9,13-14H,5-7,10-12H2,1-2H3/t13-,14+. The molecule has 2 aromatic rings. The minimum Gasteiger partial charge on any atom is -0.336 e. The van der Waals surface area contributed by atoms with Gasteiger partial charge in [0.1, 0.15) is 12.4 Å². The summed E-state index contributed by atoms with van der Waals surface area (Å²) in [6, 6.07) is 8.12. The second-order valence-electron chi connectivity index (χ2n) is 7.88. The van der Waals surface area contributed by atoms with Crippen LogP contribution in [0.25, 0.3) is 5.69 Å². The number of benzene rings is 1. The SMILES string of the molecule is C[C@@H]1CCC[C@H](C)N1C(=O)Cn1nc2n(c1=O)-c1ccccc1C1=NCCN12. The van der Waals surface area contributed by atoms with E-state index in [-0.39, 0.29) is 30.2 Å². The number of aliphatic imine (C=N–C) groups is 1. The van der Waals surface area contributed by atoms with Gasteiger partial charge in [-0.25, -0.2) is 14.0 Å². The lowest BCUT2D eigenvalue weighted by molar-refractivity contribution is -0.138. The Morgan fingerprint density at radius 3 is 2.71 bits per heavy atom. The Bertz CT molecular complexity index is 1030. The zero-order valence-electron chi connectivity index (χ0n) is 16.2. The maximum Gasteiger partial charge on any atom is 0.352 e. The summed E-state index contributed by atoms with van der Waals surface area (Å²) in [5, 5.41) is 4.54. The molecule has 2 atom stereocenters. The first-order valence-electron chi connectivity index (χ1n) is 9.99. The molecule has 0 radical (unpaired) electrons. The third kappa shape index (κ3) is 2.43. The zero-order chi connectivity index (χ0) is 19.4. The fourth-order valence-electron chi connectivity index (χ4n) is 4.74. The highest BCUT2D eigenvalue weighted by atomic mass is 16.2. The summed E-state index contributed by atoms with van der Waals surface area (Å²) in [4.78, 5) is 34.7. The second kappa shape index (κ2) is 6.32. The van der Waals surface area contributed by atoms with Crippen molar-refractivity contribution in [3.05, 3.63) is 40.3 Å². The second-order valence-corrected chi connectivity index (χ2v) is 7.88. The lowest BCUT2D eigenvalue weighted by Gasteiger charge is -2.39. The normalized spacial score (nSPS) is 23.1. The number of nitrogens with zero attached hydrogens (tertiary/aromatic N) is 6. The Morgan fingerprint density at radius 1 is 1.18 bits per heavy atom. The summed E-state index contributed by atoms with van der Waals surface area (Å²) in [7, 11) is 0. The molecule has 3 aliphatic rings. The summed E-state index contributed by atoms with van der Waals surface area (Å²) in [5.41, 5.74) is 1.43. The van der Waals surface area contributed by atoms with Crippen molar-refractivity contribution in [3.8, 4) is 5.69 Å². The predicted molar refractivity (Wildman–Crippen MR) is 106 cm³/mol. The number of anilines is 1. The van der Waals surface area contributed by atoms with Crippen LogP contribution in [0.5, 0.6) is 0 Å². The highest BCUT2D eigenvalue weighted by Gasteiger charge is 2.35. The number of para-hydroxylation sites is 1. The molecular weight excluding hydrogens is 356 g/mol. The Hall–Kier alpha value is -2.90. The van der Waals surface area contributed by atoms with Gasteiger partial charge in [0.25, 0.3) is 0 Å². The van der Waals surface area contributed by atoms with Crippen LogP contribution >= 0.6 is 0 Å². The number of aromatic nitrogens is 3. The molecule has 0 unspecified atom stereocenters. The minimum atomic E-state index is -0.279. The van der Waals surface area contributed by atoms with Crippen molar-refractivity contribution in [2.75, 3.05) is 18.0 Å². The molecule has 8 heteroatoms. The van der Waals surface area contributed by atoms with Crippen LogP contribution in [0, 0.1) is 0 Å². The topological polar surface area (TPSA) is 75.7 Å². The molecule has 146 valence electrons. The number of rotatable bonds is 2. The highest BCUT2D eigenvalue weighted by Crippen LogP contribution is 2.30. The van der Waals surface area contributed by atoms with Crippen molar-refractivity contribution < 1.29 is 4.79 Å². The number of piperidine rings is 1. The van der Waals surface area contributed by atoms with E-state index in [1.165, 1.54) is 4.68 Å². The van der Waals surface area contributed by atoms with Gasteiger partial charge in [-0.2, -0.15) is 0 Å². The predicted octanol–water partition coefficient (Wildman–Crippen LogP) is 1.40. The van der Waals surface area contributed by atoms with Crippen molar-refractivity contribution in [1.29, 1.82) is 0 Å². The van der Waals surface area contributed by atoms with Crippen LogP contribution in [-0.2, 0) is 11.3 Å². The van der Waals surface area contributed by atoms with E-state index in [9.17, 15) is 9.59 Å². The van der Waals surface area contributed by atoms with Crippen LogP contribution < -0.4 is 10.6 Å². The van der Waals surface area contributed by atoms with E-state index < -0.39 is 0 Å². The van der Waals surface area contributed by atoms with Crippen LogP contribution in [0.2, 0.25) is 0 Å². The molecule has 0 spiro atoms. The van der Waals surface area contributed by atoms with Gasteiger partial charge in [0.15, 0.2) is 0 Å². The summed E-state index contributed by atoms with van der Waals surface area (Å²) in [6.07, 6.45) is 3.15. The van der Waals surface area contributed by atoms with Gasteiger partial charge in [-0.1, -0.05) is 12.1 Å². The number of hydrogen-bond acceptors (Lipinski definition) is 5. The molecule has 1 fully saturated rings. The van der Waals surface area contributed by atoms with E-state index in [1.54, 1.807) is 4.57 Å². The Morgan fingerprint density at radius 2 is 1.93 bits per heavy atom. The van der Waals surface area contributed by atoms with E-state index in [0.717, 1.165) is 36.3 Å². The lowest BCUT2D eigenvalue weighted by atomic mass is 9.97. The zero-order valence-corrected chi connectivity index (χ0v) is 16.2. The fourth-order valence-corrected chi connectivity index (χ4v) is 4.74. The van der Waals surface area contributed by atoms with Crippen LogP contribution in [-0.4, -0.2) is 56.2 Å². The number of carbonyl (C=O) groups excluding carboxylic acids is 1. The van der Waals surface area contributed by atoms with Gasteiger partial charge in [0.2, 0.25) is 11.9 Å². The van der Waals surface area contributed by atoms with Gasteiger partial charge in [-0.3, -0.25) is 14.7 Å². The molecule has 8 nitrogen and oxygen atoms in total. The summed E-state index contributed by atoms with van der Waals surface area (Å²) >= 11 is 0. The van der Waals surface area contributed by atoms with Gasteiger partial charge in [0, 0.05) is 24.2 Å². The summed E-state index contributed by atoms with van der Waals surface area (Å²) in [5.74, 6) is 1.36. The summed E-state index contributed by atoms with van der Waals surface area (Å²) in [6.45, 7) is 5.49. The van der Waals surface area contributed by atoms with Crippen molar-refractivity contribution in [3.63, 3.8) is 0 Å². The van der Waals surface area contributed by atoms with Gasteiger partial charge < -0.3 is 4.90 Å². The van der Waals surface area contributed by atoms with E-state index in [0.29, 0.717) is 19.0 Å². The van der Waals surface area contributed by atoms with Crippen molar-refractivity contribution >= 4 is 17.7 Å². The molecule has 1 aromatic heterocycles. The third-order valence-electron chi connectivity index (χ3n) is 6.06. The molecular formula is C20H24N6O2. The minimum absolute atomic E-state index is 0.0317. The average molecular weight is 380 g/mol. The number of amides is 1. The Labute approximate surface area is 163 Å². The first kappa shape index (κ1) is 17.2. The van der Waals surface area contributed by atoms with Crippen LogP contribution in [0.1, 0.15) is 38.7 Å². The summed E-state index contributed by atoms with van der Waals surface area (Å²) < 4.78 is 2.92. The molecule has 1 saturated heterocycles.